The van der Waals surface area contributed by atoms with Crippen LogP contribution in [0.2, 0.25) is 0 Å². The predicted octanol–water partition coefficient (Wildman–Crippen LogP) is 2.39. The van der Waals surface area contributed by atoms with E-state index in [1.165, 1.54) is 6.92 Å². The van der Waals surface area contributed by atoms with Crippen molar-refractivity contribution in [1.29, 1.82) is 0 Å². The van der Waals surface area contributed by atoms with Crippen molar-refractivity contribution in [3.8, 4) is 0 Å². The zero-order valence-corrected chi connectivity index (χ0v) is 13.0. The Kier molecular flexibility index (Phi) is 4.09. The van der Waals surface area contributed by atoms with Crippen LogP contribution >= 0.6 is 0 Å². The van der Waals surface area contributed by atoms with Crippen LogP contribution in [-0.2, 0) is 15.6 Å². The van der Waals surface area contributed by atoms with Gasteiger partial charge in [0.05, 0.1) is 21.4 Å². The maximum atomic E-state index is 12.4. The van der Waals surface area contributed by atoms with Crippen LogP contribution in [0.3, 0.4) is 0 Å². The second-order valence-corrected chi connectivity index (χ2v) is 7.26. The molecule has 1 aromatic rings. The Morgan fingerprint density at radius 3 is 2.60 bits per heavy atom. The first-order valence-corrected chi connectivity index (χ1v) is 7.91. The molecule has 20 heavy (non-hydrogen) atoms. The molecule has 2 rings (SSSR count). The molecular weight excluding hydrogens is 274 g/mol. The van der Waals surface area contributed by atoms with Gasteiger partial charge in [0, 0.05) is 12.1 Å². The van der Waals surface area contributed by atoms with E-state index in [4.69, 9.17) is 0 Å². The topological polar surface area (TPSA) is 54.5 Å². The summed E-state index contributed by atoms with van der Waals surface area (Å²) in [5.41, 5.74) is 1.20. The van der Waals surface area contributed by atoms with Gasteiger partial charge in [0.15, 0.2) is 5.78 Å². The highest BCUT2D eigenvalue weighted by Gasteiger charge is 2.36. The third-order valence-corrected chi connectivity index (χ3v) is 4.96. The van der Waals surface area contributed by atoms with Crippen LogP contribution in [0.1, 0.15) is 38.1 Å². The highest BCUT2D eigenvalue weighted by atomic mass is 32.2. The Bertz CT molecular complexity index is 595. The van der Waals surface area contributed by atoms with E-state index in [0.717, 1.165) is 0 Å². The molecule has 0 bridgehead atoms. The molecule has 4 nitrogen and oxygen atoms in total. The fraction of sp³-hybridized carbons (Fsp3) is 0.467. The Morgan fingerprint density at radius 1 is 1.40 bits per heavy atom. The van der Waals surface area contributed by atoms with Crippen molar-refractivity contribution >= 4 is 28.2 Å². The van der Waals surface area contributed by atoms with Crippen LogP contribution in [0.15, 0.2) is 23.1 Å². The van der Waals surface area contributed by atoms with Gasteiger partial charge in [0.1, 0.15) is 5.25 Å². The van der Waals surface area contributed by atoms with E-state index < -0.39 is 16.0 Å². The van der Waals surface area contributed by atoms with Gasteiger partial charge in [-0.1, -0.05) is 13.8 Å². The molecule has 1 amide bonds. The van der Waals surface area contributed by atoms with Crippen LogP contribution < -0.4 is 4.90 Å². The number of hydrogen-bond acceptors (Lipinski definition) is 3. The first-order valence-electron chi connectivity index (χ1n) is 6.70. The van der Waals surface area contributed by atoms with Crippen LogP contribution in [0, 0.1) is 5.92 Å². The maximum absolute atomic E-state index is 12.4. The lowest BCUT2D eigenvalue weighted by Gasteiger charge is -2.33. The molecule has 0 aromatic heterocycles. The molecule has 0 fully saturated rings. The fourth-order valence-corrected chi connectivity index (χ4v) is 3.61. The Hall–Kier alpha value is -1.49. The standard InChI is InChI=1S/C15H19NO3S/c1-9(2)8-16-13-6-5-12(10(3)17)7-14(13)20(19)11(4)15(16)18/h5-7,9,11H,8H2,1-4H3. The first-order chi connectivity index (χ1) is 9.32. The number of ketones is 1. The largest absolute Gasteiger partial charge is 0.310 e. The van der Waals surface area contributed by atoms with Crippen molar-refractivity contribution in [2.24, 2.45) is 5.92 Å². The number of Topliss-reactive ketones (excluding diaryl/α,β-unsaturated/α-hetero) is 1. The molecule has 1 aromatic carbocycles. The van der Waals surface area contributed by atoms with Crippen molar-refractivity contribution in [3.63, 3.8) is 0 Å². The summed E-state index contributed by atoms with van der Waals surface area (Å²) in [5.74, 6) is 0.142. The Morgan fingerprint density at radius 2 is 2.05 bits per heavy atom. The number of fused-ring (bicyclic) bond motifs is 1. The van der Waals surface area contributed by atoms with E-state index in [9.17, 15) is 13.8 Å². The highest BCUT2D eigenvalue weighted by Crippen LogP contribution is 2.33. The Balaban J connectivity index is 2.56. The molecule has 0 saturated heterocycles. The van der Waals surface area contributed by atoms with E-state index in [1.54, 1.807) is 30.0 Å². The third kappa shape index (κ3) is 2.54. The number of nitrogens with zero attached hydrogens (tertiary/aromatic N) is 1. The normalized spacial score (nSPS) is 22.1. The molecule has 1 aliphatic heterocycles. The summed E-state index contributed by atoms with van der Waals surface area (Å²) >= 11 is 0. The quantitative estimate of drug-likeness (QED) is 0.804. The second kappa shape index (κ2) is 5.48. The van der Waals surface area contributed by atoms with Gasteiger partial charge in [-0.15, -0.1) is 0 Å². The number of benzene rings is 1. The zero-order valence-electron chi connectivity index (χ0n) is 12.2. The van der Waals surface area contributed by atoms with Crippen molar-refractivity contribution in [3.05, 3.63) is 23.8 Å². The van der Waals surface area contributed by atoms with Crippen molar-refractivity contribution in [1.82, 2.24) is 0 Å². The minimum atomic E-state index is -1.40. The Labute approximate surface area is 121 Å². The summed E-state index contributed by atoms with van der Waals surface area (Å²) in [6.07, 6.45) is 0. The van der Waals surface area contributed by atoms with E-state index in [0.29, 0.717) is 28.6 Å². The molecule has 1 aliphatic rings. The van der Waals surface area contributed by atoms with Gasteiger partial charge >= 0.3 is 0 Å². The van der Waals surface area contributed by atoms with Gasteiger partial charge in [-0.05, 0) is 38.0 Å². The number of anilines is 1. The van der Waals surface area contributed by atoms with Gasteiger partial charge in [0.25, 0.3) is 0 Å². The maximum Gasteiger partial charge on any atom is 0.242 e. The first kappa shape index (κ1) is 14.9. The van der Waals surface area contributed by atoms with Gasteiger partial charge < -0.3 is 4.90 Å². The molecule has 5 heteroatoms. The number of carbonyl (C=O) groups excluding carboxylic acids is 2. The summed E-state index contributed by atoms with van der Waals surface area (Å²) in [5, 5.41) is -0.566. The summed E-state index contributed by atoms with van der Waals surface area (Å²) < 4.78 is 12.4. The van der Waals surface area contributed by atoms with Crippen LogP contribution in [0.4, 0.5) is 5.69 Å². The van der Waals surface area contributed by atoms with Crippen molar-refractivity contribution in [2.75, 3.05) is 11.4 Å². The van der Waals surface area contributed by atoms with Crippen molar-refractivity contribution in [2.45, 2.75) is 37.8 Å². The zero-order chi connectivity index (χ0) is 15.0. The van der Waals surface area contributed by atoms with Crippen LogP contribution in [0.5, 0.6) is 0 Å². The van der Waals surface area contributed by atoms with E-state index in [2.05, 4.69) is 0 Å². The molecule has 0 saturated carbocycles. The molecule has 0 aliphatic carbocycles. The molecule has 2 atom stereocenters. The summed E-state index contributed by atoms with van der Waals surface area (Å²) in [7, 11) is -1.40. The molecule has 0 N–H and O–H groups in total. The second-order valence-electron chi connectivity index (χ2n) is 5.52. The van der Waals surface area contributed by atoms with Gasteiger partial charge in [0.2, 0.25) is 5.91 Å². The van der Waals surface area contributed by atoms with E-state index >= 15 is 0 Å². The van der Waals surface area contributed by atoms with Gasteiger partial charge in [-0.2, -0.15) is 0 Å². The van der Waals surface area contributed by atoms with Gasteiger partial charge in [-0.25, -0.2) is 0 Å². The average molecular weight is 293 g/mol. The molecule has 1 heterocycles. The summed E-state index contributed by atoms with van der Waals surface area (Å²) in [4.78, 5) is 26.1. The van der Waals surface area contributed by atoms with E-state index in [1.807, 2.05) is 13.8 Å². The van der Waals surface area contributed by atoms with Crippen molar-refractivity contribution < 1.29 is 13.8 Å². The smallest absolute Gasteiger partial charge is 0.242 e. The number of carbonyl (C=O) groups is 2. The molecule has 0 radical (unpaired) electrons. The summed E-state index contributed by atoms with van der Waals surface area (Å²) in [6.45, 7) is 7.82. The highest BCUT2D eigenvalue weighted by molar-refractivity contribution is 7.86. The molecule has 2 unspecified atom stereocenters. The predicted molar refractivity (Wildman–Crippen MR) is 79.5 cm³/mol. The fourth-order valence-electron chi connectivity index (χ4n) is 2.29. The lowest BCUT2D eigenvalue weighted by atomic mass is 10.1. The lowest BCUT2D eigenvalue weighted by molar-refractivity contribution is -0.118. The van der Waals surface area contributed by atoms with Crippen LogP contribution in [-0.4, -0.2) is 27.7 Å². The minimum Gasteiger partial charge on any atom is -0.310 e. The number of hydrogen-bond donors (Lipinski definition) is 0. The lowest BCUT2D eigenvalue weighted by Crippen LogP contribution is -2.45. The SMILES string of the molecule is CC(=O)c1ccc2c(c1)S(=O)C(C)C(=O)N2CC(C)C. The number of rotatable bonds is 3. The van der Waals surface area contributed by atoms with Gasteiger partial charge in [-0.3, -0.25) is 13.8 Å². The monoisotopic (exact) mass is 293 g/mol. The average Bonchev–Trinajstić information content (AvgIpc) is 2.40. The molecular formula is C15H19NO3S. The summed E-state index contributed by atoms with van der Waals surface area (Å²) in [6, 6.07) is 5.08. The van der Waals surface area contributed by atoms with Crippen LogP contribution in [0.25, 0.3) is 0 Å². The molecule has 0 spiro atoms. The number of amides is 1. The molecule has 108 valence electrons. The minimum absolute atomic E-state index is 0.0650. The van der Waals surface area contributed by atoms with E-state index in [-0.39, 0.29) is 11.7 Å². The third-order valence-electron chi connectivity index (χ3n) is 3.36.